The van der Waals surface area contributed by atoms with Crippen LogP contribution in [-0.2, 0) is 0 Å². The van der Waals surface area contributed by atoms with Crippen molar-refractivity contribution in [1.82, 2.24) is 10.2 Å². The topological polar surface area (TPSA) is 52.6 Å². The van der Waals surface area contributed by atoms with Crippen LogP contribution in [0.1, 0.15) is 13.8 Å². The standard InChI is InChI=1S/C7H14N2O2/c1-5-4-9(7(10)11)6(2)3-8-5/h5-6,8H,3-4H2,1-2H3,(H,10,11)/t5?,6-/m0/s1. The number of hydrogen-bond acceptors (Lipinski definition) is 2. The number of amides is 1. The Hall–Kier alpha value is -0.770. The zero-order valence-electron chi connectivity index (χ0n) is 6.87. The minimum Gasteiger partial charge on any atom is -0.465 e. The van der Waals surface area contributed by atoms with Gasteiger partial charge in [0.1, 0.15) is 0 Å². The first-order chi connectivity index (χ1) is 5.11. The lowest BCUT2D eigenvalue weighted by atomic mass is 10.1. The van der Waals surface area contributed by atoms with Gasteiger partial charge >= 0.3 is 6.09 Å². The van der Waals surface area contributed by atoms with Crippen molar-refractivity contribution in [2.45, 2.75) is 25.9 Å². The molecule has 0 bridgehead atoms. The highest BCUT2D eigenvalue weighted by molar-refractivity contribution is 5.65. The molecule has 0 aliphatic carbocycles. The summed E-state index contributed by atoms with van der Waals surface area (Å²) in [5.41, 5.74) is 0. The highest BCUT2D eigenvalue weighted by atomic mass is 16.4. The Balaban J connectivity index is 2.54. The second kappa shape index (κ2) is 3.09. The van der Waals surface area contributed by atoms with Gasteiger partial charge in [0.25, 0.3) is 0 Å². The van der Waals surface area contributed by atoms with Gasteiger partial charge in [0, 0.05) is 25.2 Å². The van der Waals surface area contributed by atoms with Gasteiger partial charge in [0.15, 0.2) is 0 Å². The second-order valence-electron chi connectivity index (χ2n) is 3.09. The van der Waals surface area contributed by atoms with Crippen LogP contribution >= 0.6 is 0 Å². The van der Waals surface area contributed by atoms with Crippen molar-refractivity contribution >= 4 is 6.09 Å². The monoisotopic (exact) mass is 158 g/mol. The number of piperazine rings is 1. The molecule has 11 heavy (non-hydrogen) atoms. The quantitative estimate of drug-likeness (QED) is 0.534. The minimum absolute atomic E-state index is 0.101. The van der Waals surface area contributed by atoms with E-state index in [4.69, 9.17) is 5.11 Å². The fourth-order valence-electron chi connectivity index (χ4n) is 1.29. The van der Waals surface area contributed by atoms with E-state index in [-0.39, 0.29) is 12.1 Å². The van der Waals surface area contributed by atoms with Crippen LogP contribution < -0.4 is 5.32 Å². The lowest BCUT2D eigenvalue weighted by molar-refractivity contribution is 0.107. The number of nitrogens with one attached hydrogen (secondary N) is 1. The molecule has 0 aromatic rings. The predicted octanol–water partition coefficient (Wildman–Crippen LogP) is 0.347. The molecule has 4 nitrogen and oxygen atoms in total. The van der Waals surface area contributed by atoms with E-state index in [1.54, 1.807) is 0 Å². The van der Waals surface area contributed by atoms with Crippen molar-refractivity contribution in [2.24, 2.45) is 0 Å². The largest absolute Gasteiger partial charge is 0.465 e. The lowest BCUT2D eigenvalue weighted by Gasteiger charge is -2.35. The van der Waals surface area contributed by atoms with Gasteiger partial charge in [0.2, 0.25) is 0 Å². The molecule has 1 aliphatic rings. The Bertz CT molecular complexity index is 161. The molecule has 1 amide bonds. The van der Waals surface area contributed by atoms with E-state index in [9.17, 15) is 4.79 Å². The number of carbonyl (C=O) groups is 1. The van der Waals surface area contributed by atoms with E-state index in [2.05, 4.69) is 5.32 Å². The van der Waals surface area contributed by atoms with E-state index in [1.165, 1.54) is 4.90 Å². The maximum absolute atomic E-state index is 10.6. The van der Waals surface area contributed by atoms with Crippen LogP contribution in [0.25, 0.3) is 0 Å². The average Bonchev–Trinajstić information content (AvgIpc) is 1.94. The molecular weight excluding hydrogens is 144 g/mol. The Kier molecular flexibility index (Phi) is 2.34. The Morgan fingerprint density at radius 2 is 2.27 bits per heavy atom. The van der Waals surface area contributed by atoms with E-state index in [0.29, 0.717) is 6.54 Å². The lowest BCUT2D eigenvalue weighted by Crippen LogP contribution is -2.55. The van der Waals surface area contributed by atoms with Gasteiger partial charge in [0.05, 0.1) is 0 Å². The van der Waals surface area contributed by atoms with Crippen molar-refractivity contribution < 1.29 is 9.90 Å². The van der Waals surface area contributed by atoms with Crippen LogP contribution in [-0.4, -0.2) is 41.3 Å². The molecule has 0 saturated carbocycles. The van der Waals surface area contributed by atoms with Gasteiger partial charge in [-0.1, -0.05) is 0 Å². The smallest absolute Gasteiger partial charge is 0.407 e. The molecule has 1 rings (SSSR count). The molecule has 4 heteroatoms. The second-order valence-corrected chi connectivity index (χ2v) is 3.09. The maximum Gasteiger partial charge on any atom is 0.407 e. The molecule has 2 atom stereocenters. The molecule has 0 aromatic heterocycles. The third-order valence-corrected chi connectivity index (χ3v) is 2.01. The first kappa shape index (κ1) is 8.33. The van der Waals surface area contributed by atoms with E-state index in [1.807, 2.05) is 13.8 Å². The Morgan fingerprint density at radius 1 is 1.64 bits per heavy atom. The van der Waals surface area contributed by atoms with Crippen LogP contribution in [0, 0.1) is 0 Å². The Labute approximate surface area is 66.2 Å². The molecule has 0 spiro atoms. The Morgan fingerprint density at radius 3 is 2.73 bits per heavy atom. The summed E-state index contributed by atoms with van der Waals surface area (Å²) in [7, 11) is 0. The summed E-state index contributed by atoms with van der Waals surface area (Å²) >= 11 is 0. The summed E-state index contributed by atoms with van der Waals surface area (Å²) in [6.45, 7) is 5.25. The molecule has 0 radical (unpaired) electrons. The van der Waals surface area contributed by atoms with Crippen LogP contribution in [0.4, 0.5) is 4.79 Å². The predicted molar refractivity (Wildman–Crippen MR) is 41.7 cm³/mol. The van der Waals surface area contributed by atoms with Crippen molar-refractivity contribution in [3.63, 3.8) is 0 Å². The molecule has 1 unspecified atom stereocenters. The fourth-order valence-corrected chi connectivity index (χ4v) is 1.29. The molecule has 1 saturated heterocycles. The van der Waals surface area contributed by atoms with E-state index < -0.39 is 6.09 Å². The zero-order valence-corrected chi connectivity index (χ0v) is 6.87. The SMILES string of the molecule is CC1CN(C(=O)O)[C@@H](C)CN1. The normalized spacial score (nSPS) is 32.0. The first-order valence-corrected chi connectivity index (χ1v) is 3.84. The van der Waals surface area contributed by atoms with Crippen molar-refractivity contribution in [1.29, 1.82) is 0 Å². The van der Waals surface area contributed by atoms with Crippen molar-refractivity contribution in [3.8, 4) is 0 Å². The van der Waals surface area contributed by atoms with Crippen LogP contribution in [0.2, 0.25) is 0 Å². The molecule has 0 aromatic carbocycles. The molecule has 1 fully saturated rings. The van der Waals surface area contributed by atoms with Gasteiger partial charge < -0.3 is 15.3 Å². The molecule has 2 N–H and O–H groups in total. The molecule has 1 aliphatic heterocycles. The summed E-state index contributed by atoms with van der Waals surface area (Å²) in [5.74, 6) is 0. The zero-order chi connectivity index (χ0) is 8.43. The first-order valence-electron chi connectivity index (χ1n) is 3.84. The number of hydrogen-bond donors (Lipinski definition) is 2. The summed E-state index contributed by atoms with van der Waals surface area (Å²) in [4.78, 5) is 12.1. The minimum atomic E-state index is -0.814. The highest BCUT2D eigenvalue weighted by Crippen LogP contribution is 2.05. The van der Waals surface area contributed by atoms with Gasteiger partial charge in [-0.3, -0.25) is 0 Å². The van der Waals surface area contributed by atoms with Gasteiger partial charge in [-0.15, -0.1) is 0 Å². The third kappa shape index (κ3) is 1.83. The maximum atomic E-state index is 10.6. The molecular formula is C7H14N2O2. The summed E-state index contributed by atoms with van der Waals surface area (Å²) in [6, 6.07) is 0.381. The molecule has 64 valence electrons. The number of rotatable bonds is 0. The van der Waals surface area contributed by atoms with Crippen molar-refractivity contribution in [3.05, 3.63) is 0 Å². The van der Waals surface area contributed by atoms with Crippen LogP contribution in [0.15, 0.2) is 0 Å². The van der Waals surface area contributed by atoms with Crippen LogP contribution in [0.5, 0.6) is 0 Å². The fraction of sp³-hybridized carbons (Fsp3) is 0.857. The summed E-state index contributed by atoms with van der Waals surface area (Å²) in [5, 5.41) is 11.9. The summed E-state index contributed by atoms with van der Waals surface area (Å²) < 4.78 is 0. The average molecular weight is 158 g/mol. The van der Waals surface area contributed by atoms with Gasteiger partial charge in [-0.05, 0) is 13.8 Å². The number of nitrogens with zero attached hydrogens (tertiary/aromatic N) is 1. The summed E-state index contributed by atoms with van der Waals surface area (Å²) in [6.07, 6.45) is -0.814. The highest BCUT2D eigenvalue weighted by Gasteiger charge is 2.25. The van der Waals surface area contributed by atoms with Crippen LogP contribution in [0.3, 0.4) is 0 Å². The van der Waals surface area contributed by atoms with E-state index >= 15 is 0 Å². The van der Waals surface area contributed by atoms with Gasteiger partial charge in [-0.25, -0.2) is 4.79 Å². The van der Waals surface area contributed by atoms with Crippen molar-refractivity contribution in [2.75, 3.05) is 13.1 Å². The van der Waals surface area contributed by atoms with E-state index in [0.717, 1.165) is 6.54 Å². The molecule has 1 heterocycles. The van der Waals surface area contributed by atoms with Gasteiger partial charge in [-0.2, -0.15) is 0 Å². The third-order valence-electron chi connectivity index (χ3n) is 2.01. The number of carboxylic acid groups (broad SMARTS) is 1.